The molecular formula is C18H18N4O2. The van der Waals surface area contributed by atoms with Crippen molar-refractivity contribution in [3.05, 3.63) is 53.7 Å². The fourth-order valence-electron chi connectivity index (χ4n) is 3.58. The molecule has 1 aromatic heterocycles. The Labute approximate surface area is 139 Å². The van der Waals surface area contributed by atoms with E-state index >= 15 is 0 Å². The number of hydrogen-bond donors (Lipinski definition) is 1. The van der Waals surface area contributed by atoms with Crippen LogP contribution in [-0.2, 0) is 4.79 Å². The van der Waals surface area contributed by atoms with E-state index in [1.54, 1.807) is 6.20 Å². The van der Waals surface area contributed by atoms with E-state index in [1.807, 2.05) is 55.8 Å². The van der Waals surface area contributed by atoms with Crippen LogP contribution in [0.1, 0.15) is 25.2 Å². The predicted molar refractivity (Wildman–Crippen MR) is 89.2 cm³/mol. The van der Waals surface area contributed by atoms with Crippen LogP contribution in [0.25, 0.3) is 11.3 Å². The molecule has 2 aromatic rings. The summed E-state index contributed by atoms with van der Waals surface area (Å²) in [6, 6.07) is 7.53. The van der Waals surface area contributed by atoms with Crippen molar-refractivity contribution in [2.24, 2.45) is 5.92 Å². The lowest BCUT2D eigenvalue weighted by Crippen LogP contribution is -2.33. The number of fused-ring (bicyclic) bond motifs is 1. The molecule has 24 heavy (non-hydrogen) atoms. The zero-order chi connectivity index (χ0) is 17.0. The molecule has 2 unspecified atom stereocenters. The van der Waals surface area contributed by atoms with Crippen LogP contribution < -0.4 is 5.32 Å². The number of aryl methyl sites for hydroxylation is 1. The third-order valence-electron chi connectivity index (χ3n) is 4.78. The summed E-state index contributed by atoms with van der Waals surface area (Å²) in [5.41, 5.74) is 3.70. The maximum atomic E-state index is 12.4. The molecule has 3 heterocycles. The molecular weight excluding hydrogens is 304 g/mol. The van der Waals surface area contributed by atoms with E-state index < -0.39 is 0 Å². The topological polar surface area (TPSA) is 67.2 Å². The second kappa shape index (κ2) is 5.06. The molecule has 1 fully saturated rings. The van der Waals surface area contributed by atoms with Crippen LogP contribution in [-0.4, -0.2) is 32.4 Å². The Bertz CT molecular complexity index is 879. The first kappa shape index (κ1) is 14.7. The average Bonchev–Trinajstić information content (AvgIpc) is 3.18. The Hall–Kier alpha value is -2.89. The highest BCUT2D eigenvalue weighted by Gasteiger charge is 2.47. The van der Waals surface area contributed by atoms with Gasteiger partial charge in [-0.15, -0.1) is 0 Å². The zero-order valence-corrected chi connectivity index (χ0v) is 13.8. The van der Waals surface area contributed by atoms with E-state index in [2.05, 4.69) is 10.3 Å². The molecule has 4 rings (SSSR count). The first-order chi connectivity index (χ1) is 11.5. The lowest BCUT2D eigenvalue weighted by atomic mass is 9.93. The number of nitrogens with one attached hydrogen (secondary N) is 1. The van der Waals surface area contributed by atoms with Gasteiger partial charge in [0.25, 0.3) is 0 Å². The number of imide groups is 1. The van der Waals surface area contributed by atoms with Crippen LogP contribution in [0.3, 0.4) is 0 Å². The maximum absolute atomic E-state index is 12.4. The summed E-state index contributed by atoms with van der Waals surface area (Å²) in [6.45, 7) is 5.71. The fourth-order valence-corrected chi connectivity index (χ4v) is 3.58. The Kier molecular flexibility index (Phi) is 3.09. The van der Waals surface area contributed by atoms with Crippen LogP contribution in [0.2, 0.25) is 0 Å². The lowest BCUT2D eigenvalue weighted by Gasteiger charge is -2.12. The molecule has 2 aliphatic heterocycles. The van der Waals surface area contributed by atoms with Gasteiger partial charge in [0.1, 0.15) is 5.82 Å². The second-order valence-corrected chi connectivity index (χ2v) is 6.26. The van der Waals surface area contributed by atoms with Gasteiger partial charge in [-0.3, -0.25) is 4.79 Å². The lowest BCUT2D eigenvalue weighted by molar-refractivity contribution is -0.127. The van der Waals surface area contributed by atoms with Gasteiger partial charge >= 0.3 is 6.03 Å². The number of benzene rings is 1. The molecule has 0 radical (unpaired) electrons. The Morgan fingerprint density at radius 2 is 1.83 bits per heavy atom. The average molecular weight is 322 g/mol. The third kappa shape index (κ3) is 1.92. The van der Waals surface area contributed by atoms with Crippen molar-refractivity contribution in [2.45, 2.75) is 26.8 Å². The first-order valence-electron chi connectivity index (χ1n) is 7.98. The van der Waals surface area contributed by atoms with Crippen LogP contribution in [0.4, 0.5) is 4.79 Å². The second-order valence-electron chi connectivity index (χ2n) is 6.26. The number of hydrogen-bond acceptors (Lipinski definition) is 3. The highest BCUT2D eigenvalue weighted by Crippen LogP contribution is 2.40. The van der Waals surface area contributed by atoms with Gasteiger partial charge in [0.05, 0.1) is 17.7 Å². The van der Waals surface area contributed by atoms with Crippen molar-refractivity contribution in [3.63, 3.8) is 0 Å². The quantitative estimate of drug-likeness (QED) is 0.923. The minimum Gasteiger partial charge on any atom is -0.329 e. The molecule has 122 valence electrons. The Morgan fingerprint density at radius 3 is 2.46 bits per heavy atom. The molecule has 1 N–H and O–H groups in total. The minimum absolute atomic E-state index is 0.156. The highest BCUT2D eigenvalue weighted by molar-refractivity contribution is 6.10. The molecule has 0 spiro atoms. The van der Waals surface area contributed by atoms with Gasteiger partial charge in [-0.05, 0) is 44.0 Å². The number of urea groups is 1. The predicted octanol–water partition coefficient (Wildman–Crippen LogP) is 2.48. The van der Waals surface area contributed by atoms with Gasteiger partial charge in [-0.1, -0.05) is 12.1 Å². The number of carbonyl (C=O) groups is 2. The van der Waals surface area contributed by atoms with Crippen LogP contribution in [0.5, 0.6) is 0 Å². The van der Waals surface area contributed by atoms with Crippen molar-refractivity contribution in [3.8, 4) is 5.69 Å². The first-order valence-corrected chi connectivity index (χ1v) is 7.98. The van der Waals surface area contributed by atoms with Gasteiger partial charge in [0.15, 0.2) is 0 Å². The Morgan fingerprint density at radius 1 is 1.12 bits per heavy atom. The minimum atomic E-state index is -0.324. The monoisotopic (exact) mass is 322 g/mol. The van der Waals surface area contributed by atoms with E-state index in [0.29, 0.717) is 0 Å². The van der Waals surface area contributed by atoms with Gasteiger partial charge in [0, 0.05) is 18.1 Å². The SMILES string of the molecule is Cc1nccn1-c1ccc(C2=C3C(C)NC(=O)N3C(=O)C2C)cc1. The molecule has 6 heteroatoms. The normalized spacial score (nSPS) is 23.0. The van der Waals surface area contributed by atoms with E-state index in [1.165, 1.54) is 4.90 Å². The standard InChI is InChI=1S/C18H18N4O2/c1-10-15(16-11(2)20-18(24)22(16)17(10)23)13-4-6-14(7-5-13)21-9-8-19-12(21)3/h4-11H,1-3H3,(H,20,24). The smallest absolute Gasteiger partial charge is 0.329 e. The van der Waals surface area contributed by atoms with Gasteiger partial charge in [-0.2, -0.15) is 0 Å². The summed E-state index contributed by atoms with van der Waals surface area (Å²) in [5, 5.41) is 2.81. The van der Waals surface area contributed by atoms with E-state index in [9.17, 15) is 9.59 Å². The fraction of sp³-hybridized carbons (Fsp3) is 0.278. The van der Waals surface area contributed by atoms with E-state index in [-0.39, 0.29) is 23.9 Å². The molecule has 6 nitrogen and oxygen atoms in total. The van der Waals surface area contributed by atoms with Crippen molar-refractivity contribution in [1.82, 2.24) is 19.8 Å². The summed E-state index contributed by atoms with van der Waals surface area (Å²) in [6.07, 6.45) is 3.68. The van der Waals surface area contributed by atoms with Crippen LogP contribution in [0, 0.1) is 12.8 Å². The zero-order valence-electron chi connectivity index (χ0n) is 13.8. The number of rotatable bonds is 2. The van der Waals surface area contributed by atoms with E-state index in [0.717, 1.165) is 28.3 Å². The molecule has 2 aliphatic rings. The molecule has 0 aliphatic carbocycles. The van der Waals surface area contributed by atoms with Crippen LogP contribution in [0.15, 0.2) is 42.4 Å². The number of aromatic nitrogens is 2. The molecule has 1 saturated heterocycles. The number of nitrogens with zero attached hydrogens (tertiary/aromatic N) is 3. The molecule has 0 bridgehead atoms. The van der Waals surface area contributed by atoms with Crippen molar-refractivity contribution in [2.75, 3.05) is 0 Å². The summed E-state index contributed by atoms with van der Waals surface area (Å²) >= 11 is 0. The molecule has 0 saturated carbocycles. The third-order valence-corrected chi connectivity index (χ3v) is 4.78. The number of amides is 3. The highest BCUT2D eigenvalue weighted by atomic mass is 16.2. The molecule has 1 aromatic carbocycles. The molecule has 3 amide bonds. The maximum Gasteiger partial charge on any atom is 0.329 e. The van der Waals surface area contributed by atoms with Crippen molar-refractivity contribution in [1.29, 1.82) is 0 Å². The summed E-state index contributed by atoms with van der Waals surface area (Å²) in [5.74, 6) is 0.449. The number of carbonyl (C=O) groups excluding carboxylic acids is 2. The number of imidazole rings is 1. The summed E-state index contributed by atoms with van der Waals surface area (Å²) < 4.78 is 2.00. The summed E-state index contributed by atoms with van der Waals surface area (Å²) in [4.78, 5) is 30.0. The van der Waals surface area contributed by atoms with Gasteiger partial charge < -0.3 is 9.88 Å². The Balaban J connectivity index is 1.78. The van der Waals surface area contributed by atoms with Crippen molar-refractivity contribution >= 4 is 17.5 Å². The van der Waals surface area contributed by atoms with E-state index in [4.69, 9.17) is 0 Å². The van der Waals surface area contributed by atoms with Gasteiger partial charge in [0.2, 0.25) is 5.91 Å². The molecule has 2 atom stereocenters. The van der Waals surface area contributed by atoms with Crippen molar-refractivity contribution < 1.29 is 9.59 Å². The largest absolute Gasteiger partial charge is 0.329 e. The van der Waals surface area contributed by atoms with Gasteiger partial charge in [-0.25, -0.2) is 14.7 Å². The summed E-state index contributed by atoms with van der Waals surface area (Å²) in [7, 11) is 0. The van der Waals surface area contributed by atoms with Crippen LogP contribution >= 0.6 is 0 Å².